The lowest BCUT2D eigenvalue weighted by atomic mass is 10.1. The summed E-state index contributed by atoms with van der Waals surface area (Å²) in [5.74, 6) is 0.233. The zero-order valence-corrected chi connectivity index (χ0v) is 13.7. The molecule has 122 valence electrons. The Labute approximate surface area is 136 Å². The minimum Gasteiger partial charge on any atom is -0.481 e. The van der Waals surface area contributed by atoms with Crippen LogP contribution in [-0.4, -0.2) is 12.0 Å². The topological polar surface area (TPSA) is 38.3 Å². The zero-order chi connectivity index (χ0) is 16.8. The Hall–Kier alpha value is -2.36. The van der Waals surface area contributed by atoms with Gasteiger partial charge in [0.1, 0.15) is 11.6 Å². The second-order valence-electron chi connectivity index (χ2n) is 5.61. The summed E-state index contributed by atoms with van der Waals surface area (Å²) in [4.78, 5) is 12.3. The van der Waals surface area contributed by atoms with Crippen LogP contribution in [0.3, 0.4) is 0 Å². The summed E-state index contributed by atoms with van der Waals surface area (Å²) in [6, 6.07) is 11.9. The first-order valence-electron chi connectivity index (χ1n) is 7.75. The number of carbonyl (C=O) groups excluding carboxylic acids is 1. The molecule has 2 aromatic carbocycles. The maximum Gasteiger partial charge on any atom is 0.261 e. The average Bonchev–Trinajstić information content (AvgIpc) is 2.55. The number of ether oxygens (including phenoxy) is 1. The molecule has 1 atom stereocenters. The van der Waals surface area contributed by atoms with Gasteiger partial charge >= 0.3 is 0 Å². The molecule has 0 aromatic heterocycles. The molecular weight excluding hydrogens is 293 g/mol. The molecule has 1 N–H and O–H groups in total. The van der Waals surface area contributed by atoms with Crippen LogP contribution >= 0.6 is 0 Å². The highest BCUT2D eigenvalue weighted by Crippen LogP contribution is 2.18. The maximum atomic E-state index is 12.9. The van der Waals surface area contributed by atoms with E-state index in [0.29, 0.717) is 18.7 Å². The molecule has 2 aromatic rings. The monoisotopic (exact) mass is 315 g/mol. The lowest BCUT2D eigenvalue weighted by Gasteiger charge is -2.18. The predicted molar refractivity (Wildman–Crippen MR) is 88.9 cm³/mol. The molecule has 0 bridgehead atoms. The molecule has 0 aliphatic rings. The summed E-state index contributed by atoms with van der Waals surface area (Å²) >= 11 is 0. The van der Waals surface area contributed by atoms with Crippen LogP contribution in [-0.2, 0) is 11.3 Å². The highest BCUT2D eigenvalue weighted by molar-refractivity contribution is 5.81. The van der Waals surface area contributed by atoms with E-state index >= 15 is 0 Å². The van der Waals surface area contributed by atoms with Crippen LogP contribution in [0.15, 0.2) is 42.5 Å². The van der Waals surface area contributed by atoms with Crippen molar-refractivity contribution in [3.8, 4) is 5.75 Å². The zero-order valence-electron chi connectivity index (χ0n) is 13.7. The molecule has 0 saturated carbocycles. The summed E-state index contributed by atoms with van der Waals surface area (Å²) in [7, 11) is 0. The smallest absolute Gasteiger partial charge is 0.261 e. The molecule has 0 spiro atoms. The van der Waals surface area contributed by atoms with Crippen molar-refractivity contribution >= 4 is 5.91 Å². The predicted octanol–water partition coefficient (Wildman–Crippen LogP) is 3.92. The Kier molecular flexibility index (Phi) is 5.74. The maximum absolute atomic E-state index is 12.9. The Morgan fingerprint density at radius 3 is 2.43 bits per heavy atom. The fourth-order valence-electron chi connectivity index (χ4n) is 2.18. The van der Waals surface area contributed by atoms with Gasteiger partial charge in [0.2, 0.25) is 0 Å². The van der Waals surface area contributed by atoms with Crippen LogP contribution in [0.4, 0.5) is 4.39 Å². The minimum atomic E-state index is -0.544. The first-order chi connectivity index (χ1) is 11.0. The normalized spacial score (nSPS) is 11.8. The molecule has 2 rings (SSSR count). The Morgan fingerprint density at radius 1 is 1.13 bits per heavy atom. The Balaban J connectivity index is 1.95. The molecule has 0 aliphatic carbocycles. The number of benzene rings is 2. The molecule has 0 fully saturated rings. The Morgan fingerprint density at radius 2 is 1.83 bits per heavy atom. The van der Waals surface area contributed by atoms with E-state index in [1.807, 2.05) is 39.0 Å². The standard InChI is InChI=1S/C19H22FNO2/c1-4-18(23-17-10-5-13(2)14(3)11-17)19(22)21-12-15-6-8-16(20)9-7-15/h5-11,18H,4,12H2,1-3H3,(H,21,22)/t18-/m0/s1. The number of rotatable bonds is 6. The van der Waals surface area contributed by atoms with Gasteiger partial charge in [-0.15, -0.1) is 0 Å². The molecule has 0 aliphatic heterocycles. The van der Waals surface area contributed by atoms with Crippen molar-refractivity contribution in [2.75, 3.05) is 0 Å². The number of nitrogens with one attached hydrogen (secondary N) is 1. The first kappa shape index (κ1) is 17.0. The lowest BCUT2D eigenvalue weighted by Crippen LogP contribution is -2.37. The fraction of sp³-hybridized carbons (Fsp3) is 0.316. The number of amides is 1. The van der Waals surface area contributed by atoms with Crippen molar-refractivity contribution in [2.45, 2.75) is 39.8 Å². The first-order valence-corrected chi connectivity index (χ1v) is 7.75. The molecule has 23 heavy (non-hydrogen) atoms. The number of aryl methyl sites for hydroxylation is 2. The summed E-state index contributed by atoms with van der Waals surface area (Å²) in [5.41, 5.74) is 3.16. The summed E-state index contributed by atoms with van der Waals surface area (Å²) < 4.78 is 18.7. The SMILES string of the molecule is CC[C@H](Oc1ccc(C)c(C)c1)C(=O)NCc1ccc(F)cc1. The van der Waals surface area contributed by atoms with Gasteiger partial charge in [0.15, 0.2) is 6.10 Å². The third-order valence-corrected chi connectivity index (χ3v) is 3.80. The van der Waals surface area contributed by atoms with Crippen molar-refractivity contribution in [1.82, 2.24) is 5.32 Å². The quantitative estimate of drug-likeness (QED) is 0.877. The van der Waals surface area contributed by atoms with E-state index in [-0.39, 0.29) is 11.7 Å². The number of halogens is 1. The highest BCUT2D eigenvalue weighted by atomic mass is 19.1. The molecule has 0 unspecified atom stereocenters. The molecule has 1 amide bonds. The van der Waals surface area contributed by atoms with Crippen LogP contribution in [0.1, 0.15) is 30.0 Å². The highest BCUT2D eigenvalue weighted by Gasteiger charge is 2.18. The summed E-state index contributed by atoms with van der Waals surface area (Å²) in [5, 5.41) is 2.83. The van der Waals surface area contributed by atoms with Crippen molar-refractivity contribution in [1.29, 1.82) is 0 Å². The van der Waals surface area contributed by atoms with E-state index < -0.39 is 6.10 Å². The average molecular weight is 315 g/mol. The van der Waals surface area contributed by atoms with Gasteiger partial charge in [-0.1, -0.05) is 25.1 Å². The van der Waals surface area contributed by atoms with Crippen LogP contribution in [0, 0.1) is 19.7 Å². The van der Waals surface area contributed by atoms with Gasteiger partial charge in [0.25, 0.3) is 5.91 Å². The minimum absolute atomic E-state index is 0.171. The van der Waals surface area contributed by atoms with Crippen molar-refractivity contribution in [3.05, 3.63) is 65.0 Å². The molecule has 0 saturated heterocycles. The van der Waals surface area contributed by atoms with Crippen LogP contribution < -0.4 is 10.1 Å². The van der Waals surface area contributed by atoms with E-state index in [4.69, 9.17) is 4.74 Å². The second-order valence-corrected chi connectivity index (χ2v) is 5.61. The summed E-state index contributed by atoms with van der Waals surface area (Å²) in [6.45, 7) is 6.30. The Bertz CT molecular complexity index is 668. The van der Waals surface area contributed by atoms with Crippen LogP contribution in [0.25, 0.3) is 0 Å². The second kappa shape index (κ2) is 7.77. The third-order valence-electron chi connectivity index (χ3n) is 3.80. The van der Waals surface area contributed by atoms with E-state index in [9.17, 15) is 9.18 Å². The third kappa shape index (κ3) is 4.81. The van der Waals surface area contributed by atoms with Crippen molar-refractivity contribution in [3.63, 3.8) is 0 Å². The largest absolute Gasteiger partial charge is 0.481 e. The van der Waals surface area contributed by atoms with Crippen molar-refractivity contribution in [2.24, 2.45) is 0 Å². The lowest BCUT2D eigenvalue weighted by molar-refractivity contribution is -0.128. The van der Waals surface area contributed by atoms with E-state index in [1.165, 1.54) is 17.7 Å². The number of hydrogen-bond donors (Lipinski definition) is 1. The molecular formula is C19H22FNO2. The van der Waals surface area contributed by atoms with Gasteiger partial charge in [-0.3, -0.25) is 4.79 Å². The fourth-order valence-corrected chi connectivity index (χ4v) is 2.18. The van der Waals surface area contributed by atoms with Crippen LogP contribution in [0.2, 0.25) is 0 Å². The van der Waals surface area contributed by atoms with Gasteiger partial charge < -0.3 is 10.1 Å². The van der Waals surface area contributed by atoms with Gasteiger partial charge in [-0.2, -0.15) is 0 Å². The van der Waals surface area contributed by atoms with E-state index in [1.54, 1.807) is 12.1 Å². The van der Waals surface area contributed by atoms with Gasteiger partial charge in [-0.05, 0) is 61.2 Å². The molecule has 0 radical (unpaired) electrons. The van der Waals surface area contributed by atoms with Gasteiger partial charge in [-0.25, -0.2) is 4.39 Å². The van der Waals surface area contributed by atoms with E-state index in [2.05, 4.69) is 5.32 Å². The van der Waals surface area contributed by atoms with Gasteiger partial charge in [0, 0.05) is 6.54 Å². The molecule has 3 nitrogen and oxygen atoms in total. The van der Waals surface area contributed by atoms with Crippen LogP contribution in [0.5, 0.6) is 5.75 Å². The number of carbonyl (C=O) groups is 1. The van der Waals surface area contributed by atoms with Gasteiger partial charge in [0.05, 0.1) is 0 Å². The number of hydrogen-bond acceptors (Lipinski definition) is 2. The summed E-state index contributed by atoms with van der Waals surface area (Å²) in [6.07, 6.45) is 0.0277. The van der Waals surface area contributed by atoms with E-state index in [0.717, 1.165) is 11.1 Å². The van der Waals surface area contributed by atoms with Crippen molar-refractivity contribution < 1.29 is 13.9 Å². The molecule has 0 heterocycles. The molecule has 4 heteroatoms.